The lowest BCUT2D eigenvalue weighted by atomic mass is 9.79. The maximum atomic E-state index is 11.9. The number of carbonyl (C=O) groups is 1. The predicted octanol–water partition coefficient (Wildman–Crippen LogP) is 2.92. The lowest BCUT2D eigenvalue weighted by molar-refractivity contribution is 0.0516. The fourth-order valence-electron chi connectivity index (χ4n) is 3.04. The van der Waals surface area contributed by atoms with Crippen molar-refractivity contribution in [3.63, 3.8) is 0 Å². The van der Waals surface area contributed by atoms with Gasteiger partial charge in [0.1, 0.15) is 5.60 Å². The Kier molecular flexibility index (Phi) is 4.81. The molecule has 1 aliphatic carbocycles. The fourth-order valence-corrected chi connectivity index (χ4v) is 3.04. The van der Waals surface area contributed by atoms with E-state index in [9.17, 15) is 4.79 Å². The number of carbonyl (C=O) groups excluding carboxylic acids is 1. The third kappa shape index (κ3) is 3.80. The summed E-state index contributed by atoms with van der Waals surface area (Å²) in [5, 5.41) is 2.88. The van der Waals surface area contributed by atoms with Crippen molar-refractivity contribution in [2.75, 3.05) is 13.1 Å². The van der Waals surface area contributed by atoms with E-state index in [1.807, 2.05) is 20.8 Å². The molecule has 0 bridgehead atoms. The van der Waals surface area contributed by atoms with Crippen LogP contribution in [0.5, 0.6) is 0 Å². The normalized spacial score (nSPS) is 16.8. The molecule has 0 heterocycles. The van der Waals surface area contributed by atoms with Gasteiger partial charge in [-0.1, -0.05) is 25.1 Å². The smallest absolute Gasteiger partial charge is 0.407 e. The van der Waals surface area contributed by atoms with Gasteiger partial charge in [-0.2, -0.15) is 0 Å². The van der Waals surface area contributed by atoms with Crippen LogP contribution in [0.25, 0.3) is 0 Å². The quantitative estimate of drug-likeness (QED) is 0.899. The average molecular weight is 304 g/mol. The van der Waals surface area contributed by atoms with Crippen molar-refractivity contribution in [2.45, 2.75) is 58.0 Å². The molecule has 2 rings (SSSR count). The first-order chi connectivity index (χ1) is 10.2. The molecular formula is C18H28N2O2. The SMILES string of the molecule is CC(C)(C)OC(=O)NCC(C)(CN)c1cccc2c1CCC2. The number of hydrogen-bond acceptors (Lipinski definition) is 3. The second kappa shape index (κ2) is 6.29. The zero-order chi connectivity index (χ0) is 16.4. The Labute approximate surface area is 133 Å². The van der Waals surface area contributed by atoms with E-state index in [-0.39, 0.29) is 11.5 Å². The number of rotatable bonds is 4. The molecule has 0 radical (unpaired) electrons. The number of nitrogens with one attached hydrogen (secondary N) is 1. The summed E-state index contributed by atoms with van der Waals surface area (Å²) in [7, 11) is 0. The van der Waals surface area contributed by atoms with Gasteiger partial charge in [0.15, 0.2) is 0 Å². The molecule has 1 aliphatic rings. The van der Waals surface area contributed by atoms with Gasteiger partial charge in [-0.3, -0.25) is 0 Å². The molecule has 22 heavy (non-hydrogen) atoms. The van der Waals surface area contributed by atoms with Gasteiger partial charge in [-0.15, -0.1) is 0 Å². The summed E-state index contributed by atoms with van der Waals surface area (Å²) in [6.45, 7) is 8.66. The van der Waals surface area contributed by atoms with Crippen molar-refractivity contribution >= 4 is 6.09 Å². The Morgan fingerprint density at radius 2 is 2.00 bits per heavy atom. The Morgan fingerprint density at radius 3 is 2.64 bits per heavy atom. The molecular weight excluding hydrogens is 276 g/mol. The fraction of sp³-hybridized carbons (Fsp3) is 0.611. The van der Waals surface area contributed by atoms with Crippen molar-refractivity contribution in [2.24, 2.45) is 5.73 Å². The molecule has 0 aliphatic heterocycles. The van der Waals surface area contributed by atoms with Gasteiger partial charge >= 0.3 is 6.09 Å². The van der Waals surface area contributed by atoms with Crippen LogP contribution in [0.15, 0.2) is 18.2 Å². The minimum Gasteiger partial charge on any atom is -0.444 e. The van der Waals surface area contributed by atoms with Gasteiger partial charge < -0.3 is 15.8 Å². The van der Waals surface area contributed by atoms with E-state index in [0.29, 0.717) is 13.1 Å². The van der Waals surface area contributed by atoms with E-state index < -0.39 is 5.60 Å². The van der Waals surface area contributed by atoms with E-state index in [1.54, 1.807) is 0 Å². The summed E-state index contributed by atoms with van der Waals surface area (Å²) in [5.41, 5.74) is 9.40. The molecule has 122 valence electrons. The van der Waals surface area contributed by atoms with Gasteiger partial charge in [-0.25, -0.2) is 4.79 Å². The van der Waals surface area contributed by atoms with Crippen LogP contribution in [0.1, 0.15) is 50.8 Å². The molecule has 4 heteroatoms. The number of benzene rings is 1. The Bertz CT molecular complexity index is 549. The van der Waals surface area contributed by atoms with Crippen LogP contribution in [-0.4, -0.2) is 24.8 Å². The lowest BCUT2D eigenvalue weighted by Gasteiger charge is -2.31. The second-order valence-corrected chi connectivity index (χ2v) is 7.42. The van der Waals surface area contributed by atoms with Crippen LogP contribution >= 0.6 is 0 Å². The minimum absolute atomic E-state index is 0.271. The molecule has 0 aromatic heterocycles. The average Bonchev–Trinajstić information content (AvgIpc) is 2.91. The topological polar surface area (TPSA) is 64.3 Å². The van der Waals surface area contributed by atoms with Crippen molar-refractivity contribution in [1.82, 2.24) is 5.32 Å². The summed E-state index contributed by atoms with van der Waals surface area (Å²) in [5.74, 6) is 0. The molecule has 1 unspecified atom stereocenters. The molecule has 0 fully saturated rings. The number of aryl methyl sites for hydroxylation is 1. The number of fused-ring (bicyclic) bond motifs is 1. The summed E-state index contributed by atoms with van der Waals surface area (Å²) in [6.07, 6.45) is 3.06. The molecule has 0 saturated carbocycles. The van der Waals surface area contributed by atoms with Crippen molar-refractivity contribution in [3.8, 4) is 0 Å². The molecule has 3 N–H and O–H groups in total. The first-order valence-electron chi connectivity index (χ1n) is 8.03. The van der Waals surface area contributed by atoms with Gasteiger partial charge in [0.2, 0.25) is 0 Å². The van der Waals surface area contributed by atoms with Crippen LogP contribution in [0, 0.1) is 0 Å². The first kappa shape index (κ1) is 16.8. The molecule has 0 saturated heterocycles. The van der Waals surface area contributed by atoms with E-state index >= 15 is 0 Å². The zero-order valence-electron chi connectivity index (χ0n) is 14.2. The van der Waals surface area contributed by atoms with Crippen LogP contribution < -0.4 is 11.1 Å². The standard InChI is InChI=1S/C18H28N2O2/c1-17(2,3)22-16(21)20-12-18(4,11-19)15-10-6-8-13-7-5-9-14(13)15/h6,8,10H,5,7,9,11-12,19H2,1-4H3,(H,20,21). The van der Waals surface area contributed by atoms with Crippen molar-refractivity contribution in [3.05, 3.63) is 34.9 Å². The Balaban J connectivity index is 2.13. The third-order valence-corrected chi connectivity index (χ3v) is 4.27. The number of alkyl carbamates (subject to hydrolysis) is 1. The summed E-state index contributed by atoms with van der Waals surface area (Å²) < 4.78 is 5.32. The summed E-state index contributed by atoms with van der Waals surface area (Å²) in [4.78, 5) is 11.9. The molecule has 1 aromatic rings. The third-order valence-electron chi connectivity index (χ3n) is 4.27. The first-order valence-corrected chi connectivity index (χ1v) is 8.03. The number of amides is 1. The van der Waals surface area contributed by atoms with Gasteiger partial charge in [0.25, 0.3) is 0 Å². The second-order valence-electron chi connectivity index (χ2n) is 7.42. The maximum Gasteiger partial charge on any atom is 0.407 e. The van der Waals surface area contributed by atoms with Crippen LogP contribution in [0.4, 0.5) is 4.79 Å². The number of hydrogen-bond donors (Lipinski definition) is 2. The minimum atomic E-state index is -0.489. The summed E-state index contributed by atoms with van der Waals surface area (Å²) in [6, 6.07) is 6.44. The summed E-state index contributed by atoms with van der Waals surface area (Å²) >= 11 is 0. The molecule has 1 amide bonds. The van der Waals surface area contributed by atoms with E-state index in [2.05, 4.69) is 30.4 Å². The highest BCUT2D eigenvalue weighted by atomic mass is 16.6. The van der Waals surface area contributed by atoms with Crippen molar-refractivity contribution in [1.29, 1.82) is 0 Å². The van der Waals surface area contributed by atoms with Crippen LogP contribution in [0.2, 0.25) is 0 Å². The largest absolute Gasteiger partial charge is 0.444 e. The van der Waals surface area contributed by atoms with Gasteiger partial charge in [-0.05, 0) is 56.7 Å². The molecule has 0 spiro atoms. The van der Waals surface area contributed by atoms with E-state index in [1.165, 1.54) is 23.1 Å². The Hall–Kier alpha value is -1.55. The van der Waals surface area contributed by atoms with Crippen molar-refractivity contribution < 1.29 is 9.53 Å². The van der Waals surface area contributed by atoms with Crippen LogP contribution in [-0.2, 0) is 23.0 Å². The van der Waals surface area contributed by atoms with Crippen LogP contribution in [0.3, 0.4) is 0 Å². The molecule has 1 aromatic carbocycles. The molecule has 1 atom stereocenters. The molecule has 4 nitrogen and oxygen atoms in total. The number of nitrogens with two attached hydrogens (primary N) is 1. The van der Waals surface area contributed by atoms with E-state index in [4.69, 9.17) is 10.5 Å². The highest BCUT2D eigenvalue weighted by molar-refractivity contribution is 5.68. The highest BCUT2D eigenvalue weighted by Gasteiger charge is 2.31. The predicted molar refractivity (Wildman–Crippen MR) is 89.1 cm³/mol. The lowest BCUT2D eigenvalue weighted by Crippen LogP contribution is -2.45. The van der Waals surface area contributed by atoms with Gasteiger partial charge in [0, 0.05) is 18.5 Å². The maximum absolute atomic E-state index is 11.9. The highest BCUT2D eigenvalue weighted by Crippen LogP contribution is 2.33. The zero-order valence-corrected chi connectivity index (χ0v) is 14.2. The Morgan fingerprint density at radius 1 is 1.27 bits per heavy atom. The number of ether oxygens (including phenoxy) is 1. The van der Waals surface area contributed by atoms with E-state index in [0.717, 1.165) is 12.8 Å². The monoisotopic (exact) mass is 304 g/mol. The van der Waals surface area contributed by atoms with Gasteiger partial charge in [0.05, 0.1) is 0 Å².